The average Bonchev–Trinajstić information content (AvgIpc) is 2.27. The van der Waals surface area contributed by atoms with Gasteiger partial charge in [-0.3, -0.25) is 4.90 Å². The highest BCUT2D eigenvalue weighted by Gasteiger charge is 2.21. The zero-order valence-corrected chi connectivity index (χ0v) is 10.2. The SMILES string of the molecule is C=CCC1=C(/C=C\C(C)F)N(C(N)=O)CCC1. The molecule has 2 amide bonds. The molecular formula is C13H19FN2O. The minimum absolute atomic E-state index is 0.488. The number of allylic oxidation sites excluding steroid dienone is 4. The standard InChI is InChI=1S/C13H19FN2O/c1-3-5-11-6-4-9-16(13(15)17)12(11)8-7-10(2)14/h3,7-8,10H,1,4-6,9H2,2H3,(H2,15,17)/b8-7-. The van der Waals surface area contributed by atoms with Crippen LogP contribution < -0.4 is 5.73 Å². The molecule has 1 aliphatic heterocycles. The lowest BCUT2D eigenvalue weighted by molar-refractivity contribution is 0.218. The van der Waals surface area contributed by atoms with E-state index in [1.807, 2.05) is 0 Å². The highest BCUT2D eigenvalue weighted by atomic mass is 19.1. The van der Waals surface area contributed by atoms with E-state index in [1.54, 1.807) is 12.2 Å². The van der Waals surface area contributed by atoms with Gasteiger partial charge in [-0.2, -0.15) is 0 Å². The Kier molecular flexibility index (Phi) is 4.94. The van der Waals surface area contributed by atoms with Gasteiger partial charge in [0.2, 0.25) is 0 Å². The molecule has 1 heterocycles. The molecule has 0 saturated carbocycles. The highest BCUT2D eigenvalue weighted by molar-refractivity contribution is 5.75. The van der Waals surface area contributed by atoms with Crippen molar-refractivity contribution in [2.24, 2.45) is 5.73 Å². The Morgan fingerprint density at radius 3 is 2.94 bits per heavy atom. The Balaban J connectivity index is 3.04. The average molecular weight is 238 g/mol. The molecule has 4 heteroatoms. The molecule has 0 fully saturated rings. The number of urea groups is 1. The summed E-state index contributed by atoms with van der Waals surface area (Å²) in [5.74, 6) is 0. The smallest absolute Gasteiger partial charge is 0.319 e. The number of nitrogens with two attached hydrogens (primary N) is 1. The summed E-state index contributed by atoms with van der Waals surface area (Å²) < 4.78 is 12.8. The summed E-state index contributed by atoms with van der Waals surface area (Å²) in [4.78, 5) is 12.8. The maximum absolute atomic E-state index is 12.8. The zero-order valence-electron chi connectivity index (χ0n) is 10.2. The molecular weight excluding hydrogens is 219 g/mol. The summed E-state index contributed by atoms with van der Waals surface area (Å²) in [7, 11) is 0. The van der Waals surface area contributed by atoms with E-state index in [9.17, 15) is 9.18 Å². The number of hydrogen-bond donors (Lipinski definition) is 1. The second kappa shape index (κ2) is 6.23. The number of halogens is 1. The fraction of sp³-hybridized carbons (Fsp3) is 0.462. The largest absolute Gasteiger partial charge is 0.351 e. The van der Waals surface area contributed by atoms with Crippen molar-refractivity contribution in [3.63, 3.8) is 0 Å². The van der Waals surface area contributed by atoms with Crippen LogP contribution >= 0.6 is 0 Å². The van der Waals surface area contributed by atoms with Gasteiger partial charge < -0.3 is 5.73 Å². The van der Waals surface area contributed by atoms with Crippen molar-refractivity contribution >= 4 is 6.03 Å². The van der Waals surface area contributed by atoms with Gasteiger partial charge in [0.15, 0.2) is 0 Å². The Bertz CT molecular complexity index is 358. The first-order valence-electron chi connectivity index (χ1n) is 5.78. The van der Waals surface area contributed by atoms with Gasteiger partial charge in [0.05, 0.1) is 0 Å². The Morgan fingerprint density at radius 1 is 1.71 bits per heavy atom. The maximum Gasteiger partial charge on any atom is 0.319 e. The Hall–Kier alpha value is -1.58. The fourth-order valence-electron chi connectivity index (χ4n) is 1.93. The summed E-state index contributed by atoms with van der Waals surface area (Å²) in [6.07, 6.45) is 6.30. The highest BCUT2D eigenvalue weighted by Crippen LogP contribution is 2.26. The summed E-state index contributed by atoms with van der Waals surface area (Å²) in [5.41, 5.74) is 7.14. The van der Waals surface area contributed by atoms with Gasteiger partial charge in [0, 0.05) is 12.2 Å². The first-order chi connectivity index (χ1) is 8.06. The van der Waals surface area contributed by atoms with E-state index in [1.165, 1.54) is 17.9 Å². The van der Waals surface area contributed by atoms with Crippen molar-refractivity contribution in [2.75, 3.05) is 6.54 Å². The Labute approximate surface area is 101 Å². The number of amides is 2. The van der Waals surface area contributed by atoms with E-state index in [2.05, 4.69) is 6.58 Å². The van der Waals surface area contributed by atoms with Crippen LogP contribution in [0.15, 0.2) is 36.1 Å². The maximum atomic E-state index is 12.8. The van der Waals surface area contributed by atoms with E-state index < -0.39 is 12.2 Å². The van der Waals surface area contributed by atoms with Gasteiger partial charge >= 0.3 is 6.03 Å². The molecule has 0 radical (unpaired) electrons. The lowest BCUT2D eigenvalue weighted by atomic mass is 9.98. The Morgan fingerprint density at radius 2 is 2.41 bits per heavy atom. The van der Waals surface area contributed by atoms with Crippen molar-refractivity contribution in [1.29, 1.82) is 0 Å². The lowest BCUT2D eigenvalue weighted by Crippen LogP contribution is -2.38. The normalized spacial score (nSPS) is 18.6. The number of rotatable bonds is 4. The van der Waals surface area contributed by atoms with Crippen LogP contribution in [0.5, 0.6) is 0 Å². The molecule has 2 N–H and O–H groups in total. The first kappa shape index (κ1) is 13.5. The van der Waals surface area contributed by atoms with Crippen molar-refractivity contribution in [1.82, 2.24) is 4.90 Å². The van der Waals surface area contributed by atoms with Crippen molar-refractivity contribution in [2.45, 2.75) is 32.4 Å². The van der Waals surface area contributed by atoms with Crippen LogP contribution in [0.3, 0.4) is 0 Å². The molecule has 0 aliphatic carbocycles. The summed E-state index contributed by atoms with van der Waals surface area (Å²) in [5, 5.41) is 0. The van der Waals surface area contributed by atoms with E-state index in [0.29, 0.717) is 13.0 Å². The van der Waals surface area contributed by atoms with E-state index in [4.69, 9.17) is 5.73 Å². The molecule has 0 aromatic rings. The van der Waals surface area contributed by atoms with Crippen molar-refractivity contribution < 1.29 is 9.18 Å². The van der Waals surface area contributed by atoms with Crippen LogP contribution in [-0.4, -0.2) is 23.6 Å². The predicted molar refractivity (Wildman–Crippen MR) is 67.1 cm³/mol. The van der Waals surface area contributed by atoms with Crippen LogP contribution in [0.1, 0.15) is 26.2 Å². The van der Waals surface area contributed by atoms with Gasteiger partial charge in [0.1, 0.15) is 6.17 Å². The molecule has 0 spiro atoms. The zero-order chi connectivity index (χ0) is 12.8. The topological polar surface area (TPSA) is 46.3 Å². The third-order valence-corrected chi connectivity index (χ3v) is 2.69. The van der Waals surface area contributed by atoms with E-state index >= 15 is 0 Å². The molecule has 1 aliphatic rings. The monoisotopic (exact) mass is 238 g/mol. The van der Waals surface area contributed by atoms with Crippen molar-refractivity contribution in [3.8, 4) is 0 Å². The van der Waals surface area contributed by atoms with Crippen molar-refractivity contribution in [3.05, 3.63) is 36.1 Å². The summed E-state index contributed by atoms with van der Waals surface area (Å²) in [6.45, 7) is 5.73. The van der Waals surface area contributed by atoms with E-state index in [-0.39, 0.29) is 0 Å². The molecule has 0 aromatic heterocycles. The quantitative estimate of drug-likeness (QED) is 0.752. The minimum Gasteiger partial charge on any atom is -0.351 e. The number of alkyl halides is 1. The molecule has 0 bridgehead atoms. The fourth-order valence-corrected chi connectivity index (χ4v) is 1.93. The first-order valence-corrected chi connectivity index (χ1v) is 5.78. The number of carbonyl (C=O) groups excluding carboxylic acids is 1. The summed E-state index contributed by atoms with van der Waals surface area (Å²) in [6, 6.07) is -0.488. The molecule has 0 aromatic carbocycles. The second-order valence-corrected chi connectivity index (χ2v) is 4.11. The summed E-state index contributed by atoms with van der Waals surface area (Å²) >= 11 is 0. The third-order valence-electron chi connectivity index (χ3n) is 2.69. The van der Waals surface area contributed by atoms with Crippen LogP contribution in [-0.2, 0) is 0 Å². The van der Waals surface area contributed by atoms with Crippen LogP contribution in [0, 0.1) is 0 Å². The predicted octanol–water partition coefficient (Wildman–Crippen LogP) is 2.91. The van der Waals surface area contributed by atoms with Gasteiger partial charge in [-0.15, -0.1) is 6.58 Å². The second-order valence-electron chi connectivity index (χ2n) is 4.11. The van der Waals surface area contributed by atoms with Gasteiger partial charge in [-0.25, -0.2) is 9.18 Å². The van der Waals surface area contributed by atoms with E-state index in [0.717, 1.165) is 24.1 Å². The minimum atomic E-state index is -1.04. The third kappa shape index (κ3) is 3.73. The van der Waals surface area contributed by atoms with Gasteiger partial charge in [-0.05, 0) is 43.9 Å². The molecule has 1 rings (SSSR count). The van der Waals surface area contributed by atoms with Gasteiger partial charge in [0.25, 0.3) is 0 Å². The van der Waals surface area contributed by atoms with Crippen LogP contribution in [0.4, 0.5) is 9.18 Å². The number of hydrogen-bond acceptors (Lipinski definition) is 1. The van der Waals surface area contributed by atoms with Crippen LogP contribution in [0.2, 0.25) is 0 Å². The van der Waals surface area contributed by atoms with Gasteiger partial charge in [-0.1, -0.05) is 6.08 Å². The molecule has 1 atom stereocenters. The molecule has 3 nitrogen and oxygen atoms in total. The number of primary amides is 1. The molecule has 0 saturated heterocycles. The molecule has 94 valence electrons. The lowest BCUT2D eigenvalue weighted by Gasteiger charge is -2.29. The number of nitrogens with zero attached hydrogens (tertiary/aromatic N) is 1. The molecule has 17 heavy (non-hydrogen) atoms. The molecule has 1 unspecified atom stereocenters. The van der Waals surface area contributed by atoms with Crippen LogP contribution in [0.25, 0.3) is 0 Å². The number of carbonyl (C=O) groups is 1.